The topological polar surface area (TPSA) is 306 Å². The summed E-state index contributed by atoms with van der Waals surface area (Å²) in [5.74, 6) is 2.04. The van der Waals surface area contributed by atoms with E-state index in [0.717, 1.165) is 26.4 Å². The van der Waals surface area contributed by atoms with Crippen LogP contribution in [0.4, 0.5) is 26.3 Å². The van der Waals surface area contributed by atoms with Crippen LogP contribution in [0.15, 0.2) is 72.9 Å². The zero-order valence-corrected chi connectivity index (χ0v) is 48.0. The second-order valence-corrected chi connectivity index (χ2v) is 21.3. The van der Waals surface area contributed by atoms with Crippen LogP contribution in [0.1, 0.15) is 78.6 Å². The van der Waals surface area contributed by atoms with Gasteiger partial charge < -0.3 is 49.6 Å². The normalized spacial score (nSPS) is 13.8. The molecular formula is C57H60FN13O12S2. The fourth-order valence-electron chi connectivity index (χ4n) is 8.94. The highest BCUT2D eigenvalue weighted by atomic mass is 32.1. The Labute approximate surface area is 494 Å². The maximum atomic E-state index is 14.8. The summed E-state index contributed by atoms with van der Waals surface area (Å²) in [7, 11) is 1.78. The summed E-state index contributed by atoms with van der Waals surface area (Å²) in [6.07, 6.45) is 3.64. The van der Waals surface area contributed by atoms with E-state index in [1.807, 2.05) is 48.4 Å². The third-order valence-corrected chi connectivity index (χ3v) is 15.2. The predicted octanol–water partition coefficient (Wildman–Crippen LogP) is 5.02. The molecule has 4 aromatic heterocycles. The number of nitrogens with zero attached hydrogens (tertiary/aromatic N) is 9. The number of nitrogens with one attached hydrogen (secondary N) is 4. The van der Waals surface area contributed by atoms with Crippen LogP contribution in [0.5, 0.6) is 11.5 Å². The molecule has 5 N–H and O–H groups in total. The average Bonchev–Trinajstić information content (AvgIpc) is 2.96. The van der Waals surface area contributed by atoms with Gasteiger partial charge in [-0.05, 0) is 100 Å². The molecule has 0 aliphatic carbocycles. The molecule has 28 heteroatoms. The molecule has 0 spiro atoms. The Balaban J connectivity index is 0.690. The smallest absolute Gasteiger partial charge is 0.355 e. The maximum absolute atomic E-state index is 14.8. The molecule has 1 atom stereocenters. The highest BCUT2D eigenvalue weighted by molar-refractivity contribution is 7.22. The van der Waals surface area contributed by atoms with Crippen molar-refractivity contribution in [2.24, 2.45) is 0 Å². The summed E-state index contributed by atoms with van der Waals surface area (Å²) in [4.78, 5) is 87.9. The lowest BCUT2D eigenvalue weighted by molar-refractivity contribution is -0.136. The van der Waals surface area contributed by atoms with Crippen LogP contribution in [0.25, 0.3) is 10.2 Å². The molecule has 1 fully saturated rings. The van der Waals surface area contributed by atoms with E-state index in [9.17, 15) is 38.3 Å². The van der Waals surface area contributed by atoms with E-state index in [-0.39, 0.29) is 67.5 Å². The molecule has 2 aliphatic rings. The lowest BCUT2D eigenvalue weighted by Crippen LogP contribution is -2.54. The Morgan fingerprint density at radius 1 is 0.871 bits per heavy atom. The number of carboxylic acids is 1. The van der Waals surface area contributed by atoms with Gasteiger partial charge in [0.05, 0.1) is 86.4 Å². The van der Waals surface area contributed by atoms with Crippen molar-refractivity contribution in [3.8, 4) is 23.3 Å². The molecule has 9 rings (SSSR count). The minimum atomic E-state index is -1.18. The van der Waals surface area contributed by atoms with Gasteiger partial charge in [0.15, 0.2) is 45.8 Å². The third kappa shape index (κ3) is 16.1. The van der Waals surface area contributed by atoms with Crippen molar-refractivity contribution >= 4 is 90.3 Å². The first-order valence-electron chi connectivity index (χ1n) is 27.2. The molecule has 0 radical (unpaired) electrons. The van der Waals surface area contributed by atoms with Crippen molar-refractivity contribution < 1.29 is 61.9 Å². The van der Waals surface area contributed by atoms with E-state index in [1.165, 1.54) is 53.0 Å². The number of halogens is 1. The highest BCUT2D eigenvalue weighted by Gasteiger charge is 2.46. The largest absolute Gasteiger partial charge is 0.491 e. The molecule has 0 saturated carbocycles. The number of aromatic nitrogens is 7. The maximum Gasteiger partial charge on any atom is 0.355 e. The van der Waals surface area contributed by atoms with Crippen LogP contribution in [-0.2, 0) is 48.0 Å². The van der Waals surface area contributed by atoms with Crippen molar-refractivity contribution in [3.63, 3.8) is 0 Å². The number of piperidine rings is 1. The minimum Gasteiger partial charge on any atom is -0.491 e. The van der Waals surface area contributed by atoms with Gasteiger partial charge in [-0.3, -0.25) is 34.2 Å². The SMILES string of the molecule is CNCC#Cc1ccc(OCCCc2sc(N(CCCc3cn(CCOCCOCCOCCNC(=O)COc4cccc5c4C(=O)N(C4CCC(=O)NC4=O)C5=O)nn3)c3cc(C)c(Nc4nc5ccccc5s4)nn3)nc2C(=O)O)c(F)c1. The lowest BCUT2D eigenvalue weighted by Gasteiger charge is -2.27. The van der Waals surface area contributed by atoms with Crippen molar-refractivity contribution in [2.45, 2.75) is 58.0 Å². The van der Waals surface area contributed by atoms with Crippen molar-refractivity contribution in [3.05, 3.63) is 117 Å². The Morgan fingerprint density at radius 3 is 2.46 bits per heavy atom. The lowest BCUT2D eigenvalue weighted by atomic mass is 10.0. The summed E-state index contributed by atoms with van der Waals surface area (Å²) in [6.45, 7) is 4.81. The Bertz CT molecular complexity index is 3590. The van der Waals surface area contributed by atoms with E-state index in [2.05, 4.69) is 63.6 Å². The van der Waals surface area contributed by atoms with Gasteiger partial charge in [0.2, 0.25) is 11.8 Å². The number of carbonyl (C=O) groups excluding carboxylic acids is 5. The van der Waals surface area contributed by atoms with Crippen LogP contribution < -0.4 is 35.6 Å². The molecule has 25 nitrogen and oxygen atoms in total. The number of imide groups is 2. The Hall–Kier alpha value is -8.85. The number of thiazole rings is 2. The van der Waals surface area contributed by atoms with Crippen molar-refractivity contribution in [1.82, 2.24) is 56.0 Å². The van der Waals surface area contributed by atoms with E-state index >= 15 is 0 Å². The second kappa shape index (κ2) is 29.6. The van der Waals surface area contributed by atoms with Crippen LogP contribution in [0.2, 0.25) is 0 Å². The number of amides is 5. The third-order valence-electron chi connectivity index (χ3n) is 13.1. The highest BCUT2D eigenvalue weighted by Crippen LogP contribution is 2.36. The first-order valence-corrected chi connectivity index (χ1v) is 28.9. The molecule has 444 valence electrons. The second-order valence-electron chi connectivity index (χ2n) is 19.2. The van der Waals surface area contributed by atoms with Crippen molar-refractivity contribution in [1.29, 1.82) is 0 Å². The number of benzene rings is 3. The monoisotopic (exact) mass is 1200 g/mol. The van der Waals surface area contributed by atoms with Crippen LogP contribution >= 0.6 is 22.7 Å². The number of hydrogen-bond acceptors (Lipinski definition) is 22. The summed E-state index contributed by atoms with van der Waals surface area (Å²) in [5, 5.41) is 40.1. The number of ether oxygens (including phenoxy) is 5. The molecular weight excluding hydrogens is 1140 g/mol. The molecule has 5 amide bonds. The molecule has 1 saturated heterocycles. The summed E-state index contributed by atoms with van der Waals surface area (Å²) in [5.41, 5.74) is 2.80. The molecule has 7 aromatic rings. The van der Waals surface area contributed by atoms with Crippen LogP contribution in [-0.4, -0.2) is 166 Å². The van der Waals surface area contributed by atoms with Gasteiger partial charge in [0, 0.05) is 36.1 Å². The summed E-state index contributed by atoms with van der Waals surface area (Å²) in [6, 6.07) is 17.5. The predicted molar refractivity (Wildman–Crippen MR) is 309 cm³/mol. The zero-order valence-electron chi connectivity index (χ0n) is 46.4. The number of anilines is 4. The minimum absolute atomic E-state index is 0.00968. The fraction of sp³-hybridized carbons (Fsp3) is 0.368. The van der Waals surface area contributed by atoms with Gasteiger partial charge in [0.25, 0.3) is 17.7 Å². The van der Waals surface area contributed by atoms with Gasteiger partial charge in [-0.1, -0.05) is 46.6 Å². The first-order chi connectivity index (χ1) is 41.3. The molecule has 2 aliphatic heterocycles. The molecule has 85 heavy (non-hydrogen) atoms. The van der Waals surface area contributed by atoms with Gasteiger partial charge in [-0.25, -0.2) is 23.8 Å². The van der Waals surface area contributed by atoms with E-state index in [4.69, 9.17) is 23.7 Å². The summed E-state index contributed by atoms with van der Waals surface area (Å²) >= 11 is 2.73. The van der Waals surface area contributed by atoms with Gasteiger partial charge in [-0.2, -0.15) is 0 Å². The zero-order chi connectivity index (χ0) is 59.7. The quantitative estimate of drug-likeness (QED) is 0.0216. The Kier molecular flexibility index (Phi) is 21.1. The molecule has 0 bridgehead atoms. The molecule has 6 heterocycles. The van der Waals surface area contributed by atoms with Crippen molar-refractivity contribution in [2.75, 3.05) is 89.8 Å². The van der Waals surface area contributed by atoms with Gasteiger partial charge in [-0.15, -0.1) is 26.6 Å². The number of para-hydroxylation sites is 1. The van der Waals surface area contributed by atoms with Crippen LogP contribution in [0.3, 0.4) is 0 Å². The fourth-order valence-corrected chi connectivity index (χ4v) is 10.9. The Morgan fingerprint density at radius 2 is 1.68 bits per heavy atom. The number of hydrogen-bond donors (Lipinski definition) is 5. The number of aromatic carboxylic acids is 1. The standard InChI is InChI=1S/C57H60FN13O12S2/c1-35-31-46(66-67-51(35)64-56-61-40-12-3-4-14-44(40)84-56)70(57-63-50(55(77)78)45(85-57)15-8-24-82-42-18-16-36(32-39(42)58)9-6-20-59-2)22-7-10-37-33-69(68-65-37)23-26-80-28-30-81-29-27-79-25-21-60-48(73)34-83-43-13-5-11-38-49(43)54(76)71(53(38)75)41-17-19-47(72)62-52(41)74/h3-5,11-14,16,18,31-33,41,59H,7-8,10,15,17,19-30,34H2,1-2H3,(H,60,73)(H,77,78)(H,61,64,67)(H,62,72,74). The number of carboxylic acid groups (broad SMARTS) is 1. The van der Waals surface area contributed by atoms with E-state index in [0.29, 0.717) is 104 Å². The summed E-state index contributed by atoms with van der Waals surface area (Å²) < 4.78 is 45.8. The molecule has 3 aromatic carbocycles. The van der Waals surface area contributed by atoms with Gasteiger partial charge >= 0.3 is 5.97 Å². The molecule has 1 unspecified atom stereocenters. The van der Waals surface area contributed by atoms with Crippen LogP contribution in [0, 0.1) is 24.6 Å². The average molecular weight is 1200 g/mol. The first kappa shape index (κ1) is 60.7. The van der Waals surface area contributed by atoms with E-state index < -0.39 is 54.0 Å². The number of fused-ring (bicyclic) bond motifs is 2. The number of aryl methyl sites for hydroxylation is 3. The van der Waals surface area contributed by atoms with Gasteiger partial charge in [0.1, 0.15) is 11.8 Å². The number of carbonyl (C=O) groups is 6. The number of rotatable bonds is 31. The van der Waals surface area contributed by atoms with E-state index in [1.54, 1.807) is 17.8 Å².